The van der Waals surface area contributed by atoms with E-state index in [4.69, 9.17) is 5.11 Å². The molecule has 0 spiro atoms. The molecule has 0 saturated carbocycles. The van der Waals surface area contributed by atoms with E-state index < -0.39 is 30.0 Å². The Bertz CT molecular complexity index is 627. The molecule has 1 aromatic carbocycles. The van der Waals surface area contributed by atoms with Crippen molar-refractivity contribution in [2.24, 2.45) is 0 Å². The van der Waals surface area contributed by atoms with Crippen LogP contribution in [0.25, 0.3) is 0 Å². The first-order valence-corrected chi connectivity index (χ1v) is 9.13. The first-order valence-electron chi connectivity index (χ1n) is 9.13. The van der Waals surface area contributed by atoms with Crippen LogP contribution in [0.3, 0.4) is 0 Å². The molecule has 2 amide bonds. The van der Waals surface area contributed by atoms with E-state index in [9.17, 15) is 14.4 Å². The number of carboxylic acid groups (broad SMARTS) is 1. The van der Waals surface area contributed by atoms with Gasteiger partial charge in [0.15, 0.2) is 0 Å². The van der Waals surface area contributed by atoms with Crippen molar-refractivity contribution >= 4 is 47.3 Å². The topological polar surface area (TPSA) is 117 Å². The van der Waals surface area contributed by atoms with Crippen LogP contribution in [0, 0.1) is 0 Å². The maximum atomic E-state index is 12.5. The van der Waals surface area contributed by atoms with Crippen molar-refractivity contribution < 1.29 is 19.5 Å². The Labute approximate surface area is 182 Å². The van der Waals surface area contributed by atoms with Gasteiger partial charge in [0, 0.05) is 13.0 Å². The SMILES string of the molecule is CCCCCCNC(=O)[C@H](Cc1ccccc1)NC(=O)[C@H]1N[C@@H]1C(=O)O.[NaH]. The number of carbonyl (C=O) groups excluding carboxylic acids is 2. The van der Waals surface area contributed by atoms with Crippen LogP contribution in [0.15, 0.2) is 30.3 Å². The molecule has 0 bridgehead atoms. The van der Waals surface area contributed by atoms with Gasteiger partial charge in [-0.3, -0.25) is 19.7 Å². The normalized spacial score (nSPS) is 18.7. The third-order valence-corrected chi connectivity index (χ3v) is 4.38. The van der Waals surface area contributed by atoms with Crippen LogP contribution in [-0.2, 0) is 20.8 Å². The Kier molecular flexibility index (Phi) is 10.6. The van der Waals surface area contributed by atoms with Crippen molar-refractivity contribution in [1.29, 1.82) is 0 Å². The Morgan fingerprint density at radius 3 is 2.41 bits per heavy atom. The fourth-order valence-corrected chi connectivity index (χ4v) is 2.79. The van der Waals surface area contributed by atoms with Gasteiger partial charge < -0.3 is 15.7 Å². The van der Waals surface area contributed by atoms with Crippen LogP contribution in [0.5, 0.6) is 0 Å². The molecule has 0 unspecified atom stereocenters. The summed E-state index contributed by atoms with van der Waals surface area (Å²) in [5, 5.41) is 17.1. The second-order valence-electron chi connectivity index (χ2n) is 6.56. The minimum absolute atomic E-state index is 0. The molecule has 0 radical (unpaired) electrons. The van der Waals surface area contributed by atoms with E-state index in [2.05, 4.69) is 22.9 Å². The molecule has 8 heteroatoms. The average molecular weight is 385 g/mol. The van der Waals surface area contributed by atoms with Gasteiger partial charge in [-0.1, -0.05) is 56.5 Å². The molecule has 144 valence electrons. The Morgan fingerprint density at radius 1 is 1.11 bits per heavy atom. The van der Waals surface area contributed by atoms with Crippen molar-refractivity contribution in [3.63, 3.8) is 0 Å². The van der Waals surface area contributed by atoms with E-state index >= 15 is 0 Å². The Morgan fingerprint density at radius 2 is 1.81 bits per heavy atom. The second kappa shape index (κ2) is 12.1. The molecule has 1 heterocycles. The fraction of sp³-hybridized carbons (Fsp3) is 0.526. The third-order valence-electron chi connectivity index (χ3n) is 4.38. The number of rotatable bonds is 11. The van der Waals surface area contributed by atoms with Crippen molar-refractivity contribution in [3.05, 3.63) is 35.9 Å². The molecular weight excluding hydrogens is 357 g/mol. The molecule has 0 aliphatic carbocycles. The van der Waals surface area contributed by atoms with Crippen molar-refractivity contribution in [2.75, 3.05) is 6.54 Å². The molecule has 3 atom stereocenters. The van der Waals surface area contributed by atoms with Crippen LogP contribution < -0.4 is 16.0 Å². The quantitative estimate of drug-likeness (QED) is 0.246. The molecule has 7 nitrogen and oxygen atoms in total. The summed E-state index contributed by atoms with van der Waals surface area (Å²) in [6.07, 6.45) is 4.57. The van der Waals surface area contributed by atoms with Crippen LogP contribution >= 0.6 is 0 Å². The summed E-state index contributed by atoms with van der Waals surface area (Å²) in [4.78, 5) is 35.6. The number of benzene rings is 1. The fourth-order valence-electron chi connectivity index (χ4n) is 2.79. The summed E-state index contributed by atoms with van der Waals surface area (Å²) >= 11 is 0. The van der Waals surface area contributed by atoms with E-state index in [0.29, 0.717) is 13.0 Å². The van der Waals surface area contributed by atoms with Gasteiger partial charge in [0.1, 0.15) is 18.1 Å². The third kappa shape index (κ3) is 8.01. The van der Waals surface area contributed by atoms with Gasteiger partial charge in [-0.15, -0.1) is 0 Å². The number of hydrogen-bond donors (Lipinski definition) is 4. The minimum atomic E-state index is -1.06. The molecule has 1 aliphatic rings. The summed E-state index contributed by atoms with van der Waals surface area (Å²) in [6.45, 7) is 2.69. The molecule has 1 aliphatic heterocycles. The van der Waals surface area contributed by atoms with Crippen molar-refractivity contribution in [2.45, 2.75) is 57.2 Å². The van der Waals surface area contributed by atoms with Gasteiger partial charge in [0.05, 0.1) is 0 Å². The molecule has 4 N–H and O–H groups in total. The van der Waals surface area contributed by atoms with Crippen molar-refractivity contribution in [3.8, 4) is 0 Å². The van der Waals surface area contributed by atoms with Gasteiger partial charge in [-0.05, 0) is 12.0 Å². The molecule has 1 fully saturated rings. The summed E-state index contributed by atoms with van der Waals surface area (Å²) in [5.41, 5.74) is 0.928. The molecular formula is C19H28N3NaO4. The molecule has 27 heavy (non-hydrogen) atoms. The number of unbranched alkanes of at least 4 members (excludes halogenated alkanes) is 3. The van der Waals surface area contributed by atoms with Crippen LogP contribution in [0.2, 0.25) is 0 Å². The van der Waals surface area contributed by atoms with Crippen molar-refractivity contribution in [1.82, 2.24) is 16.0 Å². The van der Waals surface area contributed by atoms with Gasteiger partial charge in [-0.25, -0.2) is 0 Å². The van der Waals surface area contributed by atoms with E-state index in [1.807, 2.05) is 30.3 Å². The molecule has 1 saturated heterocycles. The predicted molar refractivity (Wildman–Crippen MR) is 105 cm³/mol. The van der Waals surface area contributed by atoms with E-state index in [1.54, 1.807) is 0 Å². The standard InChI is InChI=1S/C19H27N3O4.Na.H/c1-2-3-4-8-11-20-17(23)14(12-13-9-6-5-7-10-13)21-18(24)15-16(22-15)19(25)26;;/h5-7,9-10,14-16,22H,2-4,8,11-12H2,1H3,(H,20,23)(H,21,24)(H,25,26);;/t14-,15-,16-;;/m0../s1. The summed E-state index contributed by atoms with van der Waals surface area (Å²) in [7, 11) is 0. The zero-order valence-corrected chi connectivity index (χ0v) is 15.0. The average Bonchev–Trinajstić information content (AvgIpc) is 3.43. The van der Waals surface area contributed by atoms with E-state index in [1.165, 1.54) is 0 Å². The van der Waals surface area contributed by atoms with Gasteiger partial charge >= 0.3 is 35.5 Å². The first kappa shape index (κ1) is 23.6. The predicted octanol–water partition coefficient (Wildman–Crippen LogP) is 0.187. The van der Waals surface area contributed by atoms with Crippen LogP contribution in [0.4, 0.5) is 0 Å². The molecule has 0 aromatic heterocycles. The van der Waals surface area contributed by atoms with Crippen LogP contribution in [-0.4, -0.2) is 77.1 Å². The number of carbonyl (C=O) groups is 3. The van der Waals surface area contributed by atoms with Gasteiger partial charge in [-0.2, -0.15) is 0 Å². The maximum absolute atomic E-state index is 12.5. The number of amides is 2. The number of carboxylic acids is 1. The summed E-state index contributed by atoms with van der Waals surface area (Å²) in [5.74, 6) is -1.77. The summed E-state index contributed by atoms with van der Waals surface area (Å²) < 4.78 is 0. The van der Waals surface area contributed by atoms with Crippen LogP contribution in [0.1, 0.15) is 38.2 Å². The van der Waals surface area contributed by atoms with Gasteiger partial charge in [0.25, 0.3) is 0 Å². The zero-order valence-electron chi connectivity index (χ0n) is 15.0. The van der Waals surface area contributed by atoms with E-state index in [0.717, 1.165) is 31.2 Å². The first-order chi connectivity index (χ1) is 12.5. The monoisotopic (exact) mass is 385 g/mol. The zero-order chi connectivity index (χ0) is 18.9. The van der Waals surface area contributed by atoms with E-state index in [-0.39, 0.29) is 35.5 Å². The Hall–Kier alpha value is -1.41. The number of aliphatic carboxylic acids is 1. The Balaban J connectivity index is 0.00000364. The molecule has 1 aromatic rings. The van der Waals surface area contributed by atoms with Gasteiger partial charge in [0.2, 0.25) is 11.8 Å². The number of hydrogen-bond acceptors (Lipinski definition) is 4. The second-order valence-corrected chi connectivity index (χ2v) is 6.56. The molecule has 2 rings (SSSR count). The number of nitrogens with one attached hydrogen (secondary N) is 3. The summed E-state index contributed by atoms with van der Waals surface area (Å²) in [6, 6.07) is 7.04.